The number of hydrogen-bond donors (Lipinski definition) is 2. The summed E-state index contributed by atoms with van der Waals surface area (Å²) in [5.41, 5.74) is 6.85. The van der Waals surface area contributed by atoms with Crippen LogP contribution >= 0.6 is 0 Å². The molecular formula is C40H53N3O4. The molecule has 0 aliphatic heterocycles. The van der Waals surface area contributed by atoms with Crippen molar-refractivity contribution in [2.24, 2.45) is 0 Å². The van der Waals surface area contributed by atoms with Crippen molar-refractivity contribution in [3.63, 3.8) is 0 Å². The number of phenols is 1. The first-order valence-corrected chi connectivity index (χ1v) is 17.3. The van der Waals surface area contributed by atoms with Crippen molar-refractivity contribution < 1.29 is 19.7 Å². The summed E-state index contributed by atoms with van der Waals surface area (Å²) in [6.45, 7) is 13.3. The molecule has 47 heavy (non-hydrogen) atoms. The van der Waals surface area contributed by atoms with E-state index in [4.69, 9.17) is 24.4 Å². The molecule has 7 nitrogen and oxygen atoms in total. The molecule has 0 fully saturated rings. The van der Waals surface area contributed by atoms with Crippen molar-refractivity contribution in [1.29, 1.82) is 0 Å². The lowest BCUT2D eigenvalue weighted by molar-refractivity contribution is 0.00739. The number of unbranched alkanes of at least 4 members (excludes halogenated alkanes) is 5. The summed E-state index contributed by atoms with van der Waals surface area (Å²) in [4.78, 5) is 14.6. The van der Waals surface area contributed by atoms with E-state index in [9.17, 15) is 10.2 Å². The third-order valence-electron chi connectivity index (χ3n) is 8.49. The first-order chi connectivity index (χ1) is 22.6. The lowest BCUT2D eigenvalue weighted by Gasteiger charge is -2.19. The molecule has 0 amide bonds. The van der Waals surface area contributed by atoms with Gasteiger partial charge in [0.2, 0.25) is 0 Å². The van der Waals surface area contributed by atoms with Gasteiger partial charge in [0.1, 0.15) is 11.5 Å². The van der Waals surface area contributed by atoms with Gasteiger partial charge in [-0.2, -0.15) is 0 Å². The standard InChI is InChI=1S/C40H53N3O4/c1-7-8-9-10-11-12-14-32(25-31(6)44)46-21-13-22-47-33-17-20-36(37(45)26-33)40-42-38(34-18-15-27(2)23-29(34)4)41-39(43-40)35-19-16-28(3)24-30(35)5/h15-20,23-24,26,31-32,44-45H,7-14,21-22,25H2,1-6H3. The van der Waals surface area contributed by atoms with Gasteiger partial charge in [-0.15, -0.1) is 0 Å². The summed E-state index contributed by atoms with van der Waals surface area (Å²) < 4.78 is 12.1. The molecule has 1 heterocycles. The number of aliphatic hydroxyl groups excluding tert-OH is 1. The third-order valence-corrected chi connectivity index (χ3v) is 8.49. The summed E-state index contributed by atoms with van der Waals surface area (Å²) in [7, 11) is 0. The van der Waals surface area contributed by atoms with Crippen molar-refractivity contribution in [2.75, 3.05) is 13.2 Å². The Kier molecular flexibility index (Phi) is 13.7. The van der Waals surface area contributed by atoms with Gasteiger partial charge in [-0.3, -0.25) is 0 Å². The van der Waals surface area contributed by atoms with E-state index in [0.717, 1.165) is 35.1 Å². The number of aromatic hydroxyl groups is 1. The lowest BCUT2D eigenvalue weighted by Crippen LogP contribution is -2.20. The maximum atomic E-state index is 11.1. The first-order valence-electron chi connectivity index (χ1n) is 17.3. The minimum absolute atomic E-state index is 0.0408. The van der Waals surface area contributed by atoms with Gasteiger partial charge in [0.25, 0.3) is 0 Å². The van der Waals surface area contributed by atoms with Crippen molar-refractivity contribution in [3.05, 3.63) is 76.9 Å². The molecule has 0 bridgehead atoms. The van der Waals surface area contributed by atoms with Crippen LogP contribution in [0.5, 0.6) is 11.5 Å². The smallest absolute Gasteiger partial charge is 0.167 e. The molecule has 0 aliphatic rings. The van der Waals surface area contributed by atoms with Crippen LogP contribution in [-0.4, -0.2) is 50.6 Å². The number of hydrogen-bond acceptors (Lipinski definition) is 7. The van der Waals surface area contributed by atoms with Gasteiger partial charge in [-0.05, 0) is 70.7 Å². The molecule has 4 aromatic rings. The van der Waals surface area contributed by atoms with Gasteiger partial charge >= 0.3 is 0 Å². The Morgan fingerprint density at radius 1 is 0.660 bits per heavy atom. The second-order valence-electron chi connectivity index (χ2n) is 13.0. The van der Waals surface area contributed by atoms with Gasteiger partial charge in [0, 0.05) is 23.6 Å². The van der Waals surface area contributed by atoms with E-state index in [-0.39, 0.29) is 18.0 Å². The van der Waals surface area contributed by atoms with E-state index in [0.29, 0.717) is 54.8 Å². The maximum Gasteiger partial charge on any atom is 0.167 e. The van der Waals surface area contributed by atoms with E-state index in [1.54, 1.807) is 12.1 Å². The monoisotopic (exact) mass is 639 g/mol. The van der Waals surface area contributed by atoms with E-state index in [2.05, 4.69) is 58.9 Å². The number of phenolic OH excluding ortho intramolecular Hbond substituents is 1. The SMILES string of the molecule is CCCCCCCCC(CC(C)O)OCCCOc1ccc(-c2nc(-c3ccc(C)cc3C)nc(-c3ccc(C)cc3C)n2)c(O)c1. The van der Waals surface area contributed by atoms with Crippen molar-refractivity contribution in [1.82, 2.24) is 15.0 Å². The van der Waals surface area contributed by atoms with Crippen LogP contribution in [0.1, 0.15) is 93.9 Å². The number of rotatable bonds is 18. The van der Waals surface area contributed by atoms with Crippen LogP contribution < -0.4 is 4.74 Å². The fourth-order valence-electron chi connectivity index (χ4n) is 5.96. The minimum Gasteiger partial charge on any atom is -0.507 e. The van der Waals surface area contributed by atoms with Crippen LogP contribution in [-0.2, 0) is 4.74 Å². The Balaban J connectivity index is 1.44. The van der Waals surface area contributed by atoms with Crippen molar-refractivity contribution in [2.45, 2.75) is 112 Å². The van der Waals surface area contributed by atoms with E-state index >= 15 is 0 Å². The molecule has 252 valence electrons. The second kappa shape index (κ2) is 17.9. The highest BCUT2D eigenvalue weighted by Crippen LogP contribution is 2.34. The summed E-state index contributed by atoms with van der Waals surface area (Å²) >= 11 is 0. The zero-order chi connectivity index (χ0) is 33.8. The van der Waals surface area contributed by atoms with Crippen LogP contribution in [0.3, 0.4) is 0 Å². The Bertz CT molecular complexity index is 1520. The fourth-order valence-corrected chi connectivity index (χ4v) is 5.96. The summed E-state index contributed by atoms with van der Waals surface area (Å²) in [6, 6.07) is 17.7. The minimum atomic E-state index is -0.379. The number of benzene rings is 3. The van der Waals surface area contributed by atoms with E-state index < -0.39 is 0 Å². The van der Waals surface area contributed by atoms with E-state index in [1.807, 2.05) is 25.1 Å². The number of nitrogens with zero attached hydrogens (tertiary/aromatic N) is 3. The number of aliphatic hydroxyl groups is 1. The molecule has 1 aromatic heterocycles. The van der Waals surface area contributed by atoms with Crippen LogP contribution in [0.25, 0.3) is 34.2 Å². The number of aromatic nitrogens is 3. The van der Waals surface area contributed by atoms with Crippen LogP contribution in [0, 0.1) is 27.7 Å². The molecule has 0 saturated carbocycles. The van der Waals surface area contributed by atoms with Crippen LogP contribution in [0.15, 0.2) is 54.6 Å². The predicted octanol–water partition coefficient (Wildman–Crippen LogP) is 9.49. The highest BCUT2D eigenvalue weighted by atomic mass is 16.5. The van der Waals surface area contributed by atoms with Gasteiger partial charge in [-0.1, -0.05) is 93.0 Å². The first kappa shape index (κ1) is 36.0. The molecule has 2 unspecified atom stereocenters. The van der Waals surface area contributed by atoms with Crippen molar-refractivity contribution >= 4 is 0 Å². The molecule has 3 aromatic carbocycles. The molecule has 0 aliphatic carbocycles. The van der Waals surface area contributed by atoms with Crippen molar-refractivity contribution in [3.8, 4) is 45.7 Å². The van der Waals surface area contributed by atoms with Gasteiger partial charge in [0.05, 0.1) is 31.0 Å². The summed E-state index contributed by atoms with van der Waals surface area (Å²) in [5, 5.41) is 21.1. The highest BCUT2D eigenvalue weighted by Gasteiger charge is 2.18. The highest BCUT2D eigenvalue weighted by molar-refractivity contribution is 5.72. The third kappa shape index (κ3) is 10.9. The Morgan fingerprint density at radius 3 is 1.77 bits per heavy atom. The lowest BCUT2D eigenvalue weighted by atomic mass is 10.0. The quantitative estimate of drug-likeness (QED) is 0.105. The molecule has 0 saturated heterocycles. The Hall–Kier alpha value is -3.81. The zero-order valence-corrected chi connectivity index (χ0v) is 29.2. The zero-order valence-electron chi connectivity index (χ0n) is 29.2. The summed E-state index contributed by atoms with van der Waals surface area (Å²) in [5.74, 6) is 2.13. The van der Waals surface area contributed by atoms with Crippen LogP contribution in [0.4, 0.5) is 0 Å². The topological polar surface area (TPSA) is 97.6 Å². The maximum absolute atomic E-state index is 11.1. The van der Waals surface area contributed by atoms with Gasteiger partial charge in [0.15, 0.2) is 17.5 Å². The van der Waals surface area contributed by atoms with Gasteiger partial charge < -0.3 is 19.7 Å². The summed E-state index contributed by atoms with van der Waals surface area (Å²) in [6.07, 6.45) is 9.48. The van der Waals surface area contributed by atoms with Gasteiger partial charge in [-0.25, -0.2) is 15.0 Å². The average molecular weight is 640 g/mol. The predicted molar refractivity (Wildman–Crippen MR) is 191 cm³/mol. The van der Waals surface area contributed by atoms with E-state index in [1.165, 1.54) is 43.2 Å². The average Bonchev–Trinajstić information content (AvgIpc) is 3.02. The number of ether oxygens (including phenoxy) is 2. The Labute approximate surface area is 281 Å². The molecule has 2 atom stereocenters. The molecule has 0 radical (unpaired) electrons. The molecular weight excluding hydrogens is 586 g/mol. The molecule has 2 N–H and O–H groups in total. The second-order valence-corrected chi connectivity index (χ2v) is 13.0. The number of aryl methyl sites for hydroxylation is 4. The molecule has 0 spiro atoms. The molecule has 4 rings (SSSR count). The fraction of sp³-hybridized carbons (Fsp3) is 0.475. The normalized spacial score (nSPS) is 12.7. The molecule has 7 heteroatoms. The largest absolute Gasteiger partial charge is 0.507 e. The Morgan fingerprint density at radius 2 is 1.21 bits per heavy atom. The van der Waals surface area contributed by atoms with Crippen LogP contribution in [0.2, 0.25) is 0 Å².